The first-order chi connectivity index (χ1) is 13.5. The molecule has 0 aliphatic heterocycles. The van der Waals surface area contributed by atoms with Gasteiger partial charge in [-0.3, -0.25) is 14.9 Å². The second-order valence-electron chi connectivity index (χ2n) is 5.39. The van der Waals surface area contributed by atoms with Crippen LogP contribution in [0, 0.1) is 0 Å². The molecule has 28 heavy (non-hydrogen) atoms. The average molecular weight is 426 g/mol. The Balaban J connectivity index is 1.68. The molecule has 150 valence electrons. The fourth-order valence-corrected chi connectivity index (χ4v) is 2.96. The number of nitrogens with zero attached hydrogens (tertiary/aromatic N) is 2. The number of halogens is 1. The van der Waals surface area contributed by atoms with Crippen LogP contribution in [0.3, 0.4) is 0 Å². The summed E-state index contributed by atoms with van der Waals surface area (Å²) in [4.78, 5) is 32.7. The number of thioether (sulfide) groups is 1. The third kappa shape index (κ3) is 7.61. The highest BCUT2D eigenvalue weighted by molar-refractivity contribution is 7.99. The van der Waals surface area contributed by atoms with Crippen LogP contribution in [0.15, 0.2) is 35.2 Å². The van der Waals surface area contributed by atoms with Gasteiger partial charge < -0.3 is 14.2 Å². The Labute approximate surface area is 171 Å². The Morgan fingerprint density at radius 2 is 1.75 bits per heavy atom. The van der Waals surface area contributed by atoms with Crippen LogP contribution < -0.4 is 14.8 Å². The van der Waals surface area contributed by atoms with E-state index >= 15 is 0 Å². The van der Waals surface area contributed by atoms with Gasteiger partial charge in [-0.15, -0.1) is 11.8 Å². The fourth-order valence-electron chi connectivity index (χ4n) is 1.99. The molecule has 2 aromatic rings. The lowest BCUT2D eigenvalue weighted by Gasteiger charge is -2.08. The molecule has 0 atom stereocenters. The van der Waals surface area contributed by atoms with Crippen LogP contribution in [-0.4, -0.2) is 48.4 Å². The lowest BCUT2D eigenvalue weighted by atomic mass is 10.3. The van der Waals surface area contributed by atoms with Crippen molar-refractivity contribution in [3.05, 3.63) is 35.4 Å². The van der Waals surface area contributed by atoms with E-state index in [0.29, 0.717) is 11.4 Å². The van der Waals surface area contributed by atoms with Crippen LogP contribution in [0.25, 0.3) is 0 Å². The van der Waals surface area contributed by atoms with E-state index in [-0.39, 0.29) is 24.1 Å². The summed E-state index contributed by atoms with van der Waals surface area (Å²) in [6, 6.07) is 8.95. The van der Waals surface area contributed by atoms with Gasteiger partial charge in [0.15, 0.2) is 6.61 Å². The molecule has 0 fully saturated rings. The second-order valence-corrected chi connectivity index (χ2v) is 7.00. The largest absolute Gasteiger partial charge is 0.481 e. The maximum Gasteiger partial charge on any atom is 0.306 e. The highest BCUT2D eigenvalue weighted by Gasteiger charge is 2.11. The molecule has 0 bridgehead atoms. The van der Waals surface area contributed by atoms with E-state index < -0.39 is 18.5 Å². The zero-order valence-electron chi connectivity index (χ0n) is 15.4. The van der Waals surface area contributed by atoms with Crippen LogP contribution in [0.4, 0.5) is 5.95 Å². The highest BCUT2D eigenvalue weighted by Crippen LogP contribution is 2.21. The van der Waals surface area contributed by atoms with E-state index in [1.165, 1.54) is 20.3 Å². The summed E-state index contributed by atoms with van der Waals surface area (Å²) in [6.45, 7) is -0.425. The molecule has 0 unspecified atom stereocenters. The van der Waals surface area contributed by atoms with Crippen molar-refractivity contribution in [1.82, 2.24) is 9.97 Å². The first-order valence-corrected chi connectivity index (χ1v) is 9.67. The van der Waals surface area contributed by atoms with Gasteiger partial charge >= 0.3 is 5.97 Å². The van der Waals surface area contributed by atoms with Crippen molar-refractivity contribution in [1.29, 1.82) is 0 Å². The number of hydrogen-bond acceptors (Lipinski definition) is 8. The lowest BCUT2D eigenvalue weighted by Crippen LogP contribution is -2.22. The Bertz CT molecular complexity index is 782. The van der Waals surface area contributed by atoms with Crippen LogP contribution in [0.2, 0.25) is 5.02 Å². The molecule has 0 aliphatic carbocycles. The molecule has 1 N–H and O–H groups in total. The van der Waals surface area contributed by atoms with E-state index in [1.807, 2.05) is 24.3 Å². The maximum atomic E-state index is 11.9. The minimum absolute atomic E-state index is 0.00314. The number of methoxy groups -OCH3 is 2. The van der Waals surface area contributed by atoms with Crippen molar-refractivity contribution in [2.45, 2.75) is 17.7 Å². The van der Waals surface area contributed by atoms with Gasteiger partial charge in [0.25, 0.3) is 5.91 Å². The molecule has 8 nitrogen and oxygen atoms in total. The zero-order chi connectivity index (χ0) is 20.4. The first kappa shape index (κ1) is 21.8. The Morgan fingerprint density at radius 1 is 1.11 bits per heavy atom. The summed E-state index contributed by atoms with van der Waals surface area (Å²) in [5.41, 5.74) is 0. The zero-order valence-corrected chi connectivity index (χ0v) is 17.0. The summed E-state index contributed by atoms with van der Waals surface area (Å²) < 4.78 is 14.9. The Kier molecular flexibility index (Phi) is 8.83. The smallest absolute Gasteiger partial charge is 0.306 e. The van der Waals surface area contributed by atoms with E-state index in [1.54, 1.807) is 11.8 Å². The summed E-state index contributed by atoms with van der Waals surface area (Å²) in [7, 11) is 2.86. The molecule has 2 rings (SSSR count). The number of rotatable bonds is 10. The van der Waals surface area contributed by atoms with Gasteiger partial charge in [-0.25, -0.2) is 0 Å². The normalized spacial score (nSPS) is 10.2. The van der Waals surface area contributed by atoms with E-state index in [2.05, 4.69) is 15.3 Å². The molecular formula is C18H20ClN3O5S. The summed E-state index contributed by atoms with van der Waals surface area (Å²) >= 11 is 7.45. The molecule has 1 aromatic carbocycles. The van der Waals surface area contributed by atoms with E-state index in [4.69, 9.17) is 25.8 Å². The van der Waals surface area contributed by atoms with Crippen LogP contribution in [0.5, 0.6) is 11.8 Å². The topological polar surface area (TPSA) is 99.6 Å². The number of aromatic nitrogens is 2. The second kappa shape index (κ2) is 11.4. The monoisotopic (exact) mass is 425 g/mol. The number of carbonyl (C=O) groups excluding carboxylic acids is 2. The quantitative estimate of drug-likeness (QED) is 0.352. The van der Waals surface area contributed by atoms with Gasteiger partial charge in [0.1, 0.15) is 0 Å². The number of ether oxygens (including phenoxy) is 3. The number of benzene rings is 1. The van der Waals surface area contributed by atoms with Crippen LogP contribution in [-0.2, 0) is 14.3 Å². The standard InChI is InChI=1S/C18H20ClN3O5S/c1-25-15-10-16(26-2)22-18(21-15)20-14(23)11-27-17(24)4-3-9-28-13-7-5-12(19)6-8-13/h5-8,10H,3-4,9,11H2,1-2H3,(H,20,21,22,23). The molecule has 1 amide bonds. The van der Waals surface area contributed by atoms with E-state index in [0.717, 1.165) is 10.6 Å². The molecule has 0 spiro atoms. The van der Waals surface area contributed by atoms with Crippen LogP contribution >= 0.6 is 23.4 Å². The van der Waals surface area contributed by atoms with Crippen molar-refractivity contribution < 1.29 is 23.8 Å². The maximum absolute atomic E-state index is 11.9. The summed E-state index contributed by atoms with van der Waals surface area (Å²) in [5, 5.41) is 3.11. The van der Waals surface area contributed by atoms with Crippen molar-refractivity contribution in [3.63, 3.8) is 0 Å². The number of carbonyl (C=O) groups is 2. The minimum Gasteiger partial charge on any atom is -0.481 e. The van der Waals surface area contributed by atoms with Gasteiger partial charge in [0.05, 0.1) is 20.3 Å². The predicted molar refractivity (Wildman–Crippen MR) is 106 cm³/mol. The first-order valence-electron chi connectivity index (χ1n) is 8.31. The van der Waals surface area contributed by atoms with Gasteiger partial charge in [-0.1, -0.05) is 11.6 Å². The number of nitrogens with one attached hydrogen (secondary N) is 1. The molecule has 1 heterocycles. The average Bonchev–Trinajstić information content (AvgIpc) is 2.70. The number of hydrogen-bond donors (Lipinski definition) is 1. The van der Waals surface area contributed by atoms with Crippen molar-refractivity contribution in [2.75, 3.05) is 31.9 Å². The molecule has 0 saturated heterocycles. The molecule has 0 saturated carbocycles. The number of esters is 1. The molecular weight excluding hydrogens is 406 g/mol. The van der Waals surface area contributed by atoms with Crippen molar-refractivity contribution in [2.24, 2.45) is 0 Å². The third-order valence-electron chi connectivity index (χ3n) is 3.32. The van der Waals surface area contributed by atoms with E-state index in [9.17, 15) is 9.59 Å². The van der Waals surface area contributed by atoms with Gasteiger partial charge in [-0.05, 0) is 36.4 Å². The Hall–Kier alpha value is -2.52. The lowest BCUT2D eigenvalue weighted by molar-refractivity contribution is -0.147. The molecule has 10 heteroatoms. The summed E-state index contributed by atoms with van der Waals surface area (Å²) in [5.74, 6) is 0.210. The number of amides is 1. The van der Waals surface area contributed by atoms with Gasteiger partial charge in [-0.2, -0.15) is 9.97 Å². The third-order valence-corrected chi connectivity index (χ3v) is 4.67. The van der Waals surface area contributed by atoms with Gasteiger partial charge in [0, 0.05) is 16.3 Å². The highest BCUT2D eigenvalue weighted by atomic mass is 35.5. The summed E-state index contributed by atoms with van der Waals surface area (Å²) in [6.07, 6.45) is 0.849. The van der Waals surface area contributed by atoms with Crippen molar-refractivity contribution in [3.8, 4) is 11.8 Å². The molecule has 0 aliphatic rings. The predicted octanol–water partition coefficient (Wildman–Crippen LogP) is 3.20. The van der Waals surface area contributed by atoms with Gasteiger partial charge in [0.2, 0.25) is 17.7 Å². The SMILES string of the molecule is COc1cc(OC)nc(NC(=O)COC(=O)CCCSc2ccc(Cl)cc2)n1. The fraction of sp³-hybridized carbons (Fsp3) is 0.333. The molecule has 1 aromatic heterocycles. The molecule has 0 radical (unpaired) electrons. The minimum atomic E-state index is -0.556. The number of anilines is 1. The van der Waals surface area contributed by atoms with Crippen molar-refractivity contribution >= 4 is 41.2 Å². The Morgan fingerprint density at radius 3 is 2.36 bits per heavy atom. The van der Waals surface area contributed by atoms with Crippen LogP contribution in [0.1, 0.15) is 12.8 Å².